The van der Waals surface area contributed by atoms with Crippen LogP contribution in [-0.4, -0.2) is 25.4 Å². The zero-order chi connectivity index (χ0) is 21.2. The second-order valence-corrected chi connectivity index (χ2v) is 8.38. The van der Waals surface area contributed by atoms with Gasteiger partial charge < -0.3 is 9.73 Å². The van der Waals surface area contributed by atoms with E-state index in [1.807, 2.05) is 4.72 Å². The quantitative estimate of drug-likeness (QED) is 0.602. The van der Waals surface area contributed by atoms with Gasteiger partial charge in [0.1, 0.15) is 5.69 Å². The summed E-state index contributed by atoms with van der Waals surface area (Å²) in [4.78, 5) is 15.5. The molecule has 0 fully saturated rings. The van der Waals surface area contributed by atoms with E-state index in [9.17, 15) is 26.4 Å². The Bertz CT molecular complexity index is 1110. The Kier molecular flexibility index (Phi) is 5.78. The number of amides is 1. The molecule has 154 valence electrons. The highest BCUT2D eigenvalue weighted by molar-refractivity contribution is 7.89. The fourth-order valence-electron chi connectivity index (χ4n) is 2.37. The van der Waals surface area contributed by atoms with Crippen molar-refractivity contribution < 1.29 is 30.8 Å². The molecule has 0 spiro atoms. The number of benzene rings is 1. The number of aromatic nitrogens is 1. The van der Waals surface area contributed by atoms with E-state index in [4.69, 9.17) is 4.42 Å². The summed E-state index contributed by atoms with van der Waals surface area (Å²) < 4.78 is 71.2. The lowest BCUT2D eigenvalue weighted by Gasteiger charge is -2.16. The average Bonchev–Trinajstić information content (AvgIpc) is 3.32. The normalized spacial score (nSPS) is 13.2. The second-order valence-electron chi connectivity index (χ2n) is 5.84. The summed E-state index contributed by atoms with van der Waals surface area (Å²) in [5.74, 6) is -0.294. The van der Waals surface area contributed by atoms with Gasteiger partial charge in [0.2, 0.25) is 15.9 Å². The van der Waals surface area contributed by atoms with Crippen molar-refractivity contribution in [2.75, 3.05) is 5.32 Å². The smallest absolute Gasteiger partial charge is 0.417 e. The Morgan fingerprint density at radius 2 is 1.93 bits per heavy atom. The van der Waals surface area contributed by atoms with E-state index in [1.165, 1.54) is 19.3 Å². The molecule has 12 heteroatoms. The molecule has 0 aliphatic carbocycles. The lowest BCUT2D eigenvalue weighted by molar-refractivity contribution is -0.139. The van der Waals surface area contributed by atoms with Gasteiger partial charge in [-0.05, 0) is 31.2 Å². The molecular formula is C17H14F3N3O4S2. The van der Waals surface area contributed by atoms with Gasteiger partial charge in [0.05, 0.1) is 22.8 Å². The SMILES string of the molecule is C[C@H](NS(=O)(=O)c1ccccc1C(F)(F)F)C(=O)Nc1nc(-c2ccco2)cs1. The van der Waals surface area contributed by atoms with Crippen molar-refractivity contribution in [2.24, 2.45) is 0 Å². The van der Waals surface area contributed by atoms with Gasteiger partial charge in [0, 0.05) is 5.38 Å². The third kappa shape index (κ3) is 4.83. The maximum Gasteiger partial charge on any atom is 0.417 e. The molecule has 2 aromatic heterocycles. The summed E-state index contributed by atoms with van der Waals surface area (Å²) in [5.41, 5.74) is -0.842. The second kappa shape index (κ2) is 7.97. The number of anilines is 1. The highest BCUT2D eigenvalue weighted by atomic mass is 32.2. The summed E-state index contributed by atoms with van der Waals surface area (Å²) in [6.07, 6.45) is -3.40. The van der Waals surface area contributed by atoms with Crippen molar-refractivity contribution in [3.63, 3.8) is 0 Å². The van der Waals surface area contributed by atoms with Crippen molar-refractivity contribution in [3.8, 4) is 11.5 Å². The Hall–Kier alpha value is -2.70. The van der Waals surface area contributed by atoms with Gasteiger partial charge in [0.25, 0.3) is 0 Å². The molecule has 29 heavy (non-hydrogen) atoms. The van der Waals surface area contributed by atoms with Crippen molar-refractivity contribution in [2.45, 2.75) is 24.0 Å². The van der Waals surface area contributed by atoms with E-state index in [-0.39, 0.29) is 5.13 Å². The standard InChI is InChI=1S/C17H14F3N3O4S2/c1-10(15(24)22-16-21-12(9-28-16)13-6-4-8-27-13)23-29(25,26)14-7-3-2-5-11(14)17(18,19)20/h2-10,23H,1H3,(H,21,22,24)/t10-/m0/s1. The zero-order valence-corrected chi connectivity index (χ0v) is 16.4. The number of thiazole rings is 1. The predicted octanol–water partition coefficient (Wildman–Crippen LogP) is 3.73. The van der Waals surface area contributed by atoms with Crippen LogP contribution in [0, 0.1) is 0 Å². The molecule has 1 aromatic carbocycles. The number of nitrogens with zero attached hydrogens (tertiary/aromatic N) is 1. The molecule has 3 rings (SSSR count). The first kappa shape index (κ1) is 21.0. The topological polar surface area (TPSA) is 101 Å². The molecule has 0 bridgehead atoms. The van der Waals surface area contributed by atoms with Gasteiger partial charge in [-0.1, -0.05) is 12.1 Å². The number of halogens is 3. The lowest BCUT2D eigenvalue weighted by Crippen LogP contribution is -2.42. The third-order valence-electron chi connectivity index (χ3n) is 3.72. The minimum Gasteiger partial charge on any atom is -0.463 e. The number of hydrogen-bond acceptors (Lipinski definition) is 6. The third-order valence-corrected chi connectivity index (χ3v) is 6.07. The molecule has 1 atom stereocenters. The van der Waals surface area contributed by atoms with E-state index < -0.39 is 38.6 Å². The van der Waals surface area contributed by atoms with E-state index in [0.29, 0.717) is 17.5 Å². The Morgan fingerprint density at radius 3 is 2.59 bits per heavy atom. The first-order valence-electron chi connectivity index (χ1n) is 8.07. The fourth-order valence-corrected chi connectivity index (χ4v) is 4.50. The molecule has 0 saturated heterocycles. The molecule has 0 aliphatic heterocycles. The van der Waals surface area contributed by atoms with Gasteiger partial charge >= 0.3 is 6.18 Å². The number of carbonyl (C=O) groups excluding carboxylic acids is 1. The first-order chi connectivity index (χ1) is 13.6. The number of nitrogens with one attached hydrogen (secondary N) is 2. The van der Waals surface area contributed by atoms with Crippen LogP contribution in [-0.2, 0) is 21.0 Å². The van der Waals surface area contributed by atoms with E-state index >= 15 is 0 Å². The molecule has 0 unspecified atom stereocenters. The van der Waals surface area contributed by atoms with Gasteiger partial charge in [-0.25, -0.2) is 13.4 Å². The fraction of sp³-hybridized carbons (Fsp3) is 0.176. The van der Waals surface area contributed by atoms with Crippen LogP contribution in [0.1, 0.15) is 12.5 Å². The Morgan fingerprint density at radius 1 is 1.21 bits per heavy atom. The Balaban J connectivity index is 1.73. The van der Waals surface area contributed by atoms with Crippen LogP contribution in [0.15, 0.2) is 57.4 Å². The summed E-state index contributed by atoms with van der Waals surface area (Å²) in [6.45, 7) is 1.21. The van der Waals surface area contributed by atoms with Crippen LogP contribution in [0.5, 0.6) is 0 Å². The van der Waals surface area contributed by atoms with E-state index in [0.717, 1.165) is 23.5 Å². The van der Waals surface area contributed by atoms with Crippen molar-refractivity contribution in [1.29, 1.82) is 0 Å². The number of rotatable bonds is 6. The Labute approximate surface area is 167 Å². The van der Waals surface area contributed by atoms with E-state index in [1.54, 1.807) is 17.5 Å². The molecule has 1 amide bonds. The van der Waals surface area contributed by atoms with Gasteiger partial charge in [-0.3, -0.25) is 4.79 Å². The van der Waals surface area contributed by atoms with Crippen LogP contribution in [0.4, 0.5) is 18.3 Å². The van der Waals surface area contributed by atoms with Crippen molar-refractivity contribution in [1.82, 2.24) is 9.71 Å². The van der Waals surface area contributed by atoms with Crippen LogP contribution in [0.25, 0.3) is 11.5 Å². The summed E-state index contributed by atoms with van der Waals surface area (Å²) >= 11 is 1.08. The van der Waals surface area contributed by atoms with Crippen molar-refractivity contribution in [3.05, 3.63) is 53.6 Å². The maximum absolute atomic E-state index is 13.1. The molecule has 3 aromatic rings. The van der Waals surface area contributed by atoms with Crippen LogP contribution >= 0.6 is 11.3 Å². The minimum absolute atomic E-state index is 0.183. The molecule has 7 nitrogen and oxygen atoms in total. The average molecular weight is 445 g/mol. The molecule has 0 radical (unpaired) electrons. The summed E-state index contributed by atoms with van der Waals surface area (Å²) in [6, 6.07) is 5.73. The first-order valence-corrected chi connectivity index (χ1v) is 10.4. The van der Waals surface area contributed by atoms with Crippen molar-refractivity contribution >= 4 is 32.4 Å². The number of alkyl halides is 3. The predicted molar refractivity (Wildman–Crippen MR) is 99.7 cm³/mol. The summed E-state index contributed by atoms with van der Waals surface area (Å²) in [7, 11) is -4.60. The zero-order valence-electron chi connectivity index (χ0n) is 14.7. The highest BCUT2D eigenvalue weighted by Gasteiger charge is 2.37. The molecule has 0 aliphatic rings. The molecule has 2 N–H and O–H groups in total. The van der Waals surface area contributed by atoms with E-state index in [2.05, 4.69) is 10.3 Å². The minimum atomic E-state index is -4.86. The highest BCUT2D eigenvalue weighted by Crippen LogP contribution is 2.34. The lowest BCUT2D eigenvalue weighted by atomic mass is 10.2. The number of furan rings is 1. The molecular weight excluding hydrogens is 431 g/mol. The van der Waals surface area contributed by atoms with Gasteiger partial charge in [-0.15, -0.1) is 11.3 Å². The summed E-state index contributed by atoms with van der Waals surface area (Å²) in [5, 5.41) is 4.23. The number of sulfonamides is 1. The monoisotopic (exact) mass is 445 g/mol. The van der Waals surface area contributed by atoms with Crippen LogP contribution in [0.3, 0.4) is 0 Å². The molecule has 2 heterocycles. The number of carbonyl (C=O) groups is 1. The largest absolute Gasteiger partial charge is 0.463 e. The maximum atomic E-state index is 13.1. The van der Waals surface area contributed by atoms with Gasteiger partial charge in [-0.2, -0.15) is 17.9 Å². The molecule has 0 saturated carbocycles. The number of hydrogen-bond donors (Lipinski definition) is 2. The van der Waals surface area contributed by atoms with Gasteiger partial charge in [0.15, 0.2) is 10.9 Å². The van der Waals surface area contributed by atoms with Crippen LogP contribution in [0.2, 0.25) is 0 Å². The van der Waals surface area contributed by atoms with Crippen LogP contribution < -0.4 is 10.0 Å².